The molecular formula is C27H40N4O. The van der Waals surface area contributed by atoms with Crippen LogP contribution < -0.4 is 0 Å². The van der Waals surface area contributed by atoms with Gasteiger partial charge in [0.2, 0.25) is 5.91 Å². The van der Waals surface area contributed by atoms with Gasteiger partial charge in [0.15, 0.2) is 0 Å². The lowest BCUT2D eigenvalue weighted by Gasteiger charge is -2.54. The summed E-state index contributed by atoms with van der Waals surface area (Å²) in [6.45, 7) is 14.4. The normalized spacial score (nSPS) is 29.8. The van der Waals surface area contributed by atoms with E-state index < -0.39 is 0 Å². The zero-order valence-electron chi connectivity index (χ0n) is 20.3. The van der Waals surface area contributed by atoms with Gasteiger partial charge in [0.1, 0.15) is 0 Å². The van der Waals surface area contributed by atoms with Crippen molar-refractivity contribution >= 4 is 5.91 Å². The Morgan fingerprint density at radius 2 is 2.06 bits per heavy atom. The third-order valence-corrected chi connectivity index (χ3v) is 8.52. The largest absolute Gasteiger partial charge is 0.336 e. The number of nitrogens with zero attached hydrogens (tertiary/aromatic N) is 4. The molecule has 0 aromatic carbocycles. The number of rotatable bonds is 5. The lowest BCUT2D eigenvalue weighted by molar-refractivity contribution is -0.136. The molecule has 3 saturated heterocycles. The van der Waals surface area contributed by atoms with Gasteiger partial charge in [-0.3, -0.25) is 14.4 Å². The summed E-state index contributed by atoms with van der Waals surface area (Å²) in [6, 6.07) is 1.11. The van der Waals surface area contributed by atoms with Crippen LogP contribution in [0.1, 0.15) is 68.8 Å². The monoisotopic (exact) mass is 436 g/mol. The lowest BCUT2D eigenvalue weighted by atomic mass is 9.68. The van der Waals surface area contributed by atoms with Crippen molar-refractivity contribution in [2.24, 2.45) is 11.8 Å². The Bertz CT molecular complexity index is 928. The first kappa shape index (κ1) is 21.9. The van der Waals surface area contributed by atoms with Crippen molar-refractivity contribution in [2.45, 2.75) is 90.8 Å². The molecule has 4 aliphatic rings. The van der Waals surface area contributed by atoms with Crippen LogP contribution in [0.4, 0.5) is 0 Å². The topological polar surface area (TPSA) is 41.4 Å². The molecule has 1 aliphatic carbocycles. The highest BCUT2D eigenvalue weighted by molar-refractivity contribution is 5.77. The smallest absolute Gasteiger partial charge is 0.224 e. The summed E-state index contributed by atoms with van der Waals surface area (Å²) in [4.78, 5) is 18.5. The quantitative estimate of drug-likeness (QED) is 0.641. The van der Waals surface area contributed by atoms with Gasteiger partial charge in [0, 0.05) is 37.8 Å². The fourth-order valence-electron chi connectivity index (χ4n) is 7.11. The Balaban J connectivity index is 1.30. The first-order valence-corrected chi connectivity index (χ1v) is 12.8. The standard InChI is InChI=1S/C27H40N4O/c1-18(2)14-24-19(3)28-31(20(24)4)13-10-26(32)30-12-7-8-21-15-22-16-23(27(21)30)17-29-11-6-5-9-25(22)29/h15,22-23,25,27H,1,5-14,16-17H2,2-4H3/t22-,23-,25+,27+/m0/s1. The maximum atomic E-state index is 13.5. The molecule has 2 bridgehead atoms. The molecule has 0 saturated carbocycles. The lowest BCUT2D eigenvalue weighted by Crippen LogP contribution is -2.60. The van der Waals surface area contributed by atoms with Gasteiger partial charge in [-0.15, -0.1) is 0 Å². The molecule has 0 radical (unpaired) electrons. The molecule has 0 unspecified atom stereocenters. The van der Waals surface area contributed by atoms with E-state index in [0.717, 1.165) is 42.6 Å². The number of aromatic nitrogens is 2. The van der Waals surface area contributed by atoms with Crippen LogP contribution in [0, 0.1) is 25.7 Å². The minimum absolute atomic E-state index is 0.314. The third kappa shape index (κ3) is 3.98. The van der Waals surface area contributed by atoms with E-state index in [1.807, 2.05) is 4.68 Å². The highest BCUT2D eigenvalue weighted by Crippen LogP contribution is 2.45. The van der Waals surface area contributed by atoms with Gasteiger partial charge in [0.25, 0.3) is 0 Å². The van der Waals surface area contributed by atoms with Gasteiger partial charge in [0.05, 0.1) is 11.7 Å². The number of piperidine rings is 3. The van der Waals surface area contributed by atoms with Gasteiger partial charge in [-0.1, -0.05) is 30.2 Å². The number of carbonyl (C=O) groups is 1. The minimum atomic E-state index is 0.314. The second-order valence-electron chi connectivity index (χ2n) is 10.9. The van der Waals surface area contributed by atoms with Crippen LogP contribution in [0.5, 0.6) is 0 Å². The number of hydrogen-bond donors (Lipinski definition) is 0. The molecule has 5 rings (SSSR count). The van der Waals surface area contributed by atoms with E-state index in [1.165, 1.54) is 56.5 Å². The molecule has 3 aliphatic heterocycles. The van der Waals surface area contributed by atoms with E-state index in [4.69, 9.17) is 5.10 Å². The fourth-order valence-corrected chi connectivity index (χ4v) is 7.11. The van der Waals surface area contributed by atoms with Gasteiger partial charge in [-0.25, -0.2) is 0 Å². The first-order chi connectivity index (χ1) is 15.4. The van der Waals surface area contributed by atoms with E-state index in [-0.39, 0.29) is 0 Å². The summed E-state index contributed by atoms with van der Waals surface area (Å²) in [7, 11) is 0. The molecule has 0 N–H and O–H groups in total. The van der Waals surface area contributed by atoms with Gasteiger partial charge < -0.3 is 4.90 Å². The van der Waals surface area contributed by atoms with Crippen LogP contribution >= 0.6 is 0 Å². The average molecular weight is 437 g/mol. The molecule has 1 aromatic heterocycles. The summed E-state index contributed by atoms with van der Waals surface area (Å²) < 4.78 is 2.04. The van der Waals surface area contributed by atoms with Gasteiger partial charge in [-0.2, -0.15) is 5.10 Å². The maximum absolute atomic E-state index is 13.5. The molecule has 4 atom stereocenters. The van der Waals surface area contributed by atoms with Gasteiger partial charge >= 0.3 is 0 Å². The molecular weight excluding hydrogens is 396 g/mol. The molecule has 3 fully saturated rings. The second kappa shape index (κ2) is 8.81. The Morgan fingerprint density at radius 1 is 1.22 bits per heavy atom. The van der Waals surface area contributed by atoms with Crippen LogP contribution in [0.2, 0.25) is 0 Å². The van der Waals surface area contributed by atoms with Crippen molar-refractivity contribution in [2.75, 3.05) is 19.6 Å². The minimum Gasteiger partial charge on any atom is -0.336 e. The van der Waals surface area contributed by atoms with Crippen molar-refractivity contribution in [3.05, 3.63) is 40.8 Å². The summed E-state index contributed by atoms with van der Waals surface area (Å²) in [5.74, 6) is 1.65. The molecule has 5 nitrogen and oxygen atoms in total. The molecule has 1 aromatic rings. The predicted molar refractivity (Wildman–Crippen MR) is 128 cm³/mol. The number of allylic oxidation sites excluding steroid dienone is 1. The van der Waals surface area contributed by atoms with Crippen molar-refractivity contribution in [1.82, 2.24) is 19.6 Å². The van der Waals surface area contributed by atoms with E-state index >= 15 is 0 Å². The SMILES string of the molecule is C=C(C)Cc1c(C)nn(CCC(=O)N2CCCC3=C[C@H]4C[C@@H](CN5CCCC[C@H]45)[C@@H]32)c1C. The number of likely N-dealkylation sites (tertiary alicyclic amines) is 1. The van der Waals surface area contributed by atoms with Crippen molar-refractivity contribution < 1.29 is 4.79 Å². The predicted octanol–water partition coefficient (Wildman–Crippen LogP) is 4.43. The van der Waals surface area contributed by atoms with E-state index in [1.54, 1.807) is 5.57 Å². The van der Waals surface area contributed by atoms with Crippen LogP contribution in [-0.2, 0) is 17.8 Å². The van der Waals surface area contributed by atoms with Crippen LogP contribution in [-0.4, -0.2) is 57.2 Å². The van der Waals surface area contributed by atoms with Crippen LogP contribution in [0.15, 0.2) is 23.8 Å². The zero-order valence-corrected chi connectivity index (χ0v) is 20.3. The summed E-state index contributed by atoms with van der Waals surface area (Å²) in [5.41, 5.74) is 6.24. The number of aryl methyl sites for hydroxylation is 2. The van der Waals surface area contributed by atoms with E-state index in [0.29, 0.717) is 30.8 Å². The van der Waals surface area contributed by atoms with Gasteiger partial charge in [-0.05, 0) is 83.2 Å². The number of amides is 1. The Morgan fingerprint density at radius 3 is 2.88 bits per heavy atom. The number of fused-ring (bicyclic) bond motifs is 6. The highest BCUT2D eigenvalue weighted by atomic mass is 16.2. The highest BCUT2D eigenvalue weighted by Gasteiger charge is 2.46. The first-order valence-electron chi connectivity index (χ1n) is 12.8. The van der Waals surface area contributed by atoms with Crippen molar-refractivity contribution in [1.29, 1.82) is 0 Å². The number of carbonyl (C=O) groups excluding carboxylic acids is 1. The van der Waals surface area contributed by atoms with Crippen LogP contribution in [0.3, 0.4) is 0 Å². The van der Waals surface area contributed by atoms with Crippen molar-refractivity contribution in [3.8, 4) is 0 Å². The summed E-state index contributed by atoms with van der Waals surface area (Å²) >= 11 is 0. The summed E-state index contributed by atoms with van der Waals surface area (Å²) in [5, 5.41) is 4.74. The Hall–Kier alpha value is -1.88. The fraction of sp³-hybridized carbons (Fsp3) is 0.704. The number of hydrogen-bond acceptors (Lipinski definition) is 3. The van der Waals surface area contributed by atoms with E-state index in [9.17, 15) is 4.79 Å². The average Bonchev–Trinajstić information content (AvgIpc) is 3.04. The van der Waals surface area contributed by atoms with Crippen LogP contribution in [0.25, 0.3) is 0 Å². The summed E-state index contributed by atoms with van der Waals surface area (Å²) in [6.07, 6.45) is 11.7. The molecule has 0 spiro atoms. The molecule has 174 valence electrons. The maximum Gasteiger partial charge on any atom is 0.224 e. The van der Waals surface area contributed by atoms with Crippen molar-refractivity contribution in [3.63, 3.8) is 0 Å². The third-order valence-electron chi connectivity index (χ3n) is 8.52. The zero-order chi connectivity index (χ0) is 22.4. The Labute approximate surface area is 193 Å². The molecule has 5 heteroatoms. The molecule has 4 heterocycles. The van der Waals surface area contributed by atoms with E-state index in [2.05, 4.69) is 43.2 Å². The second-order valence-corrected chi connectivity index (χ2v) is 10.9. The Kier molecular flexibility index (Phi) is 6.04. The molecule has 1 amide bonds. The molecule has 32 heavy (non-hydrogen) atoms.